The molecule has 1 amide bonds. The maximum Gasteiger partial charge on any atom is 0.249 e. The van der Waals surface area contributed by atoms with E-state index < -0.39 is 0 Å². The van der Waals surface area contributed by atoms with Crippen molar-refractivity contribution in [2.24, 2.45) is 0 Å². The van der Waals surface area contributed by atoms with Crippen molar-refractivity contribution >= 4 is 5.91 Å². The zero-order valence-corrected chi connectivity index (χ0v) is 9.85. The average molecular weight is 235 g/mol. The number of ether oxygens (including phenoxy) is 1. The fourth-order valence-corrected chi connectivity index (χ4v) is 1.95. The van der Waals surface area contributed by atoms with E-state index in [1.165, 1.54) is 0 Å². The molecule has 1 heterocycles. The first-order valence-corrected chi connectivity index (χ1v) is 5.87. The van der Waals surface area contributed by atoms with Crippen molar-refractivity contribution in [2.45, 2.75) is 38.5 Å². The molecule has 0 aromatic heterocycles. The number of hydrogen-bond donors (Lipinski definition) is 2. The van der Waals surface area contributed by atoms with Gasteiger partial charge in [0, 0.05) is 12.1 Å². The monoisotopic (exact) mass is 235 g/mol. The minimum Gasteiger partial charge on any atom is -0.508 e. The third kappa shape index (κ3) is 2.97. The van der Waals surface area contributed by atoms with Crippen molar-refractivity contribution in [1.29, 1.82) is 0 Å². The van der Waals surface area contributed by atoms with Gasteiger partial charge in [0.25, 0.3) is 0 Å². The Morgan fingerprint density at radius 1 is 1.47 bits per heavy atom. The lowest BCUT2D eigenvalue weighted by Crippen LogP contribution is -2.34. The normalized spacial score (nSPS) is 23.6. The number of carbonyl (C=O) groups excluding carboxylic acids is 1. The Morgan fingerprint density at radius 3 is 2.88 bits per heavy atom. The molecule has 0 radical (unpaired) electrons. The summed E-state index contributed by atoms with van der Waals surface area (Å²) in [6.45, 7) is 2.30. The number of carbonyl (C=O) groups is 1. The van der Waals surface area contributed by atoms with Crippen LogP contribution in [0.25, 0.3) is 0 Å². The number of hydrogen-bond acceptors (Lipinski definition) is 3. The first-order valence-electron chi connectivity index (χ1n) is 5.87. The maximum absolute atomic E-state index is 11.8. The summed E-state index contributed by atoms with van der Waals surface area (Å²) >= 11 is 0. The van der Waals surface area contributed by atoms with Crippen LogP contribution in [0.15, 0.2) is 24.3 Å². The lowest BCUT2D eigenvalue weighted by Gasteiger charge is -2.12. The molecular weight excluding hydrogens is 218 g/mol. The van der Waals surface area contributed by atoms with Crippen LogP contribution in [0.1, 0.15) is 25.3 Å². The SMILES string of the molecule is CC1CCC(C(=O)NCc2ccccc2O)O1. The second-order valence-corrected chi connectivity index (χ2v) is 4.36. The van der Waals surface area contributed by atoms with E-state index in [4.69, 9.17) is 4.74 Å². The summed E-state index contributed by atoms with van der Waals surface area (Å²) in [6.07, 6.45) is 1.52. The van der Waals surface area contributed by atoms with Crippen molar-refractivity contribution in [3.8, 4) is 5.75 Å². The topological polar surface area (TPSA) is 58.6 Å². The molecule has 1 aromatic rings. The lowest BCUT2D eigenvalue weighted by atomic mass is 10.2. The van der Waals surface area contributed by atoms with Crippen LogP contribution in [-0.4, -0.2) is 23.2 Å². The Balaban J connectivity index is 1.86. The summed E-state index contributed by atoms with van der Waals surface area (Å²) < 4.78 is 5.47. The van der Waals surface area contributed by atoms with E-state index in [2.05, 4.69) is 5.32 Å². The summed E-state index contributed by atoms with van der Waals surface area (Å²) in [4.78, 5) is 11.8. The molecule has 1 aliphatic heterocycles. The Hall–Kier alpha value is -1.55. The molecule has 0 saturated carbocycles. The van der Waals surface area contributed by atoms with E-state index >= 15 is 0 Å². The highest BCUT2D eigenvalue weighted by Gasteiger charge is 2.27. The molecular formula is C13H17NO3. The van der Waals surface area contributed by atoms with Crippen LogP contribution >= 0.6 is 0 Å². The molecule has 4 heteroatoms. The highest BCUT2D eigenvalue weighted by atomic mass is 16.5. The Morgan fingerprint density at radius 2 is 2.24 bits per heavy atom. The molecule has 2 rings (SSSR count). The van der Waals surface area contributed by atoms with Crippen LogP contribution in [-0.2, 0) is 16.1 Å². The Kier molecular flexibility index (Phi) is 3.64. The van der Waals surface area contributed by atoms with Crippen molar-refractivity contribution in [3.63, 3.8) is 0 Å². The molecule has 17 heavy (non-hydrogen) atoms. The van der Waals surface area contributed by atoms with E-state index in [9.17, 15) is 9.90 Å². The molecule has 2 atom stereocenters. The first kappa shape index (κ1) is 11.9. The standard InChI is InChI=1S/C13H17NO3/c1-9-6-7-12(17-9)13(16)14-8-10-4-2-3-5-11(10)15/h2-5,9,12,15H,6-8H2,1H3,(H,14,16). The van der Waals surface area contributed by atoms with Gasteiger partial charge in [-0.3, -0.25) is 4.79 Å². The van der Waals surface area contributed by atoms with Gasteiger partial charge in [0.1, 0.15) is 11.9 Å². The zero-order valence-electron chi connectivity index (χ0n) is 9.85. The van der Waals surface area contributed by atoms with E-state index in [1.807, 2.05) is 13.0 Å². The van der Waals surface area contributed by atoms with Crippen LogP contribution < -0.4 is 5.32 Å². The van der Waals surface area contributed by atoms with Gasteiger partial charge >= 0.3 is 0 Å². The van der Waals surface area contributed by atoms with Gasteiger partial charge in [-0.2, -0.15) is 0 Å². The number of aromatic hydroxyl groups is 1. The van der Waals surface area contributed by atoms with E-state index in [-0.39, 0.29) is 23.9 Å². The molecule has 0 aliphatic carbocycles. The van der Waals surface area contributed by atoms with Gasteiger partial charge in [0.2, 0.25) is 5.91 Å². The smallest absolute Gasteiger partial charge is 0.249 e. The molecule has 0 spiro atoms. The number of para-hydroxylation sites is 1. The summed E-state index contributed by atoms with van der Waals surface area (Å²) in [5, 5.41) is 12.3. The molecule has 0 bridgehead atoms. The first-order chi connectivity index (χ1) is 8.16. The quantitative estimate of drug-likeness (QED) is 0.836. The van der Waals surface area contributed by atoms with E-state index in [1.54, 1.807) is 18.2 Å². The van der Waals surface area contributed by atoms with Gasteiger partial charge in [-0.1, -0.05) is 18.2 Å². The largest absolute Gasteiger partial charge is 0.508 e. The van der Waals surface area contributed by atoms with Gasteiger partial charge < -0.3 is 15.2 Å². The molecule has 4 nitrogen and oxygen atoms in total. The predicted octanol–water partition coefficient (Wildman–Crippen LogP) is 1.58. The fraction of sp³-hybridized carbons (Fsp3) is 0.462. The number of amides is 1. The van der Waals surface area contributed by atoms with Crippen molar-refractivity contribution in [1.82, 2.24) is 5.32 Å². The second-order valence-electron chi connectivity index (χ2n) is 4.36. The van der Waals surface area contributed by atoms with Crippen molar-refractivity contribution in [3.05, 3.63) is 29.8 Å². The van der Waals surface area contributed by atoms with E-state index in [0.717, 1.165) is 12.8 Å². The Bertz CT molecular complexity index is 405. The summed E-state index contributed by atoms with van der Waals surface area (Å²) in [5.41, 5.74) is 0.715. The van der Waals surface area contributed by atoms with Gasteiger partial charge in [0.05, 0.1) is 6.10 Å². The summed E-state index contributed by atoms with van der Waals surface area (Å²) in [5.74, 6) is 0.103. The lowest BCUT2D eigenvalue weighted by molar-refractivity contribution is -0.131. The van der Waals surface area contributed by atoms with Gasteiger partial charge in [-0.15, -0.1) is 0 Å². The van der Waals surface area contributed by atoms with Crippen LogP contribution in [0.5, 0.6) is 5.75 Å². The number of phenols is 1. The van der Waals surface area contributed by atoms with Gasteiger partial charge in [-0.05, 0) is 25.8 Å². The third-order valence-electron chi connectivity index (χ3n) is 2.97. The zero-order chi connectivity index (χ0) is 12.3. The van der Waals surface area contributed by atoms with Gasteiger partial charge in [-0.25, -0.2) is 0 Å². The van der Waals surface area contributed by atoms with E-state index in [0.29, 0.717) is 12.1 Å². The number of rotatable bonds is 3. The molecule has 2 N–H and O–H groups in total. The molecule has 2 unspecified atom stereocenters. The maximum atomic E-state index is 11.8. The van der Waals surface area contributed by atoms with Crippen LogP contribution in [0, 0.1) is 0 Å². The molecule has 1 saturated heterocycles. The molecule has 1 fully saturated rings. The number of phenolic OH excluding ortho intramolecular Hbond substituents is 1. The highest BCUT2D eigenvalue weighted by Crippen LogP contribution is 2.20. The third-order valence-corrected chi connectivity index (χ3v) is 2.97. The average Bonchev–Trinajstić information content (AvgIpc) is 2.74. The van der Waals surface area contributed by atoms with Crippen molar-refractivity contribution < 1.29 is 14.6 Å². The minimum absolute atomic E-state index is 0.0994. The highest BCUT2D eigenvalue weighted by molar-refractivity contribution is 5.81. The minimum atomic E-state index is -0.337. The molecule has 1 aromatic carbocycles. The molecule has 92 valence electrons. The summed E-state index contributed by atoms with van der Waals surface area (Å²) in [7, 11) is 0. The molecule has 1 aliphatic rings. The van der Waals surface area contributed by atoms with Gasteiger partial charge in [0.15, 0.2) is 0 Å². The number of benzene rings is 1. The fourth-order valence-electron chi connectivity index (χ4n) is 1.95. The Labute approximate surface area is 101 Å². The van der Waals surface area contributed by atoms with Crippen LogP contribution in [0.2, 0.25) is 0 Å². The predicted molar refractivity (Wildman–Crippen MR) is 63.5 cm³/mol. The second kappa shape index (κ2) is 5.19. The van der Waals surface area contributed by atoms with Crippen LogP contribution in [0.3, 0.4) is 0 Å². The van der Waals surface area contributed by atoms with Crippen molar-refractivity contribution in [2.75, 3.05) is 0 Å². The van der Waals surface area contributed by atoms with Crippen LogP contribution in [0.4, 0.5) is 0 Å². The number of nitrogens with one attached hydrogen (secondary N) is 1. The summed E-state index contributed by atoms with van der Waals surface area (Å²) in [6, 6.07) is 6.97.